The number of Topliss-reactive ketones (excluding diaryl/α,β-unsaturated/α-hetero) is 1. The number of carbonyl (C=O) groups excluding carboxylic acids is 1. The molecule has 6 fully saturated rings. The Bertz CT molecular complexity index is 7140. The average Bonchev–Trinajstić information content (AvgIpc) is 0.691. The lowest BCUT2D eigenvalue weighted by molar-refractivity contribution is -0.115. The number of hydrogen-bond donors (Lipinski definition) is 0. The molecule has 26 nitrogen and oxygen atoms in total. The maximum absolute atomic E-state index is 15.1. The van der Waals surface area contributed by atoms with Crippen LogP contribution in [0.2, 0.25) is 0 Å². The van der Waals surface area contributed by atoms with Crippen molar-refractivity contribution in [3.63, 3.8) is 0 Å². The molecule has 0 bridgehead atoms. The van der Waals surface area contributed by atoms with Crippen LogP contribution in [-0.4, -0.2) is 279 Å². The number of hydrogen-bond acceptors (Lipinski definition) is 21. The molecule has 11 aliphatic rings. The zero-order valence-electron chi connectivity index (χ0n) is 88.9. The van der Waals surface area contributed by atoms with Gasteiger partial charge in [-0.1, -0.05) is 34.1 Å². The molecule has 10 aliphatic heterocycles. The second-order valence-electron chi connectivity index (χ2n) is 43.9. The number of fused-ring (bicyclic) bond motifs is 25. The highest BCUT2D eigenvalue weighted by molar-refractivity contribution is 6.06. The van der Waals surface area contributed by atoms with Crippen molar-refractivity contribution in [2.75, 3.05) is 209 Å². The molecule has 10 aromatic rings. The van der Waals surface area contributed by atoms with Gasteiger partial charge in [-0.15, -0.1) is 0 Å². The monoisotopic (exact) mass is 2020 g/mol. The van der Waals surface area contributed by atoms with Crippen LogP contribution in [0.15, 0.2) is 54.3 Å². The first kappa shape index (κ1) is 105. The number of benzene rings is 5. The summed E-state index contributed by atoms with van der Waals surface area (Å²) in [5.74, 6) is -5.77. The zero-order chi connectivity index (χ0) is 105. The second-order valence-corrected chi connectivity index (χ2v) is 43.9. The molecular weight excluding hydrogens is 1880 g/mol. The molecule has 0 N–H and O–H groups in total. The van der Waals surface area contributed by atoms with E-state index in [0.29, 0.717) is 121 Å². The van der Waals surface area contributed by atoms with Crippen LogP contribution >= 0.6 is 0 Å². The van der Waals surface area contributed by atoms with Crippen LogP contribution in [0.1, 0.15) is 142 Å². The fraction of sp³-hybridized carbons (Fsp3) is 0.578. The van der Waals surface area contributed by atoms with Crippen molar-refractivity contribution in [3.05, 3.63) is 168 Å². The number of anilines is 10. The Kier molecular flexibility index (Phi) is 29.4. The molecule has 21 rings (SSSR count). The molecule has 0 radical (unpaired) electrons. The summed E-state index contributed by atoms with van der Waals surface area (Å²) < 4.78 is 155. The molecule has 5 saturated heterocycles. The Labute approximate surface area is 842 Å². The van der Waals surface area contributed by atoms with Crippen LogP contribution < -0.4 is 76.8 Å². The standard InChI is InChI=1S/C23H32F2N4O.C22H28F2N4O.C22H30F2N4O.C21H26F2N4O2.C21H28F2N4O/c1-13(2)7-8-28-12-16-11-26(5)14(3)10-29(16)21-17-9-18(24)15(4)19(25)20(17)27(6)23(30)22(21)28;1-12-9-27-15(10-25(12)3)11-28(14-6-5-7-14)21-20(27)16-8-17(23)13(2)18(24)19(16)26(4)22(21)29;1-6-7-8-27-12-15-11-25(4)13(2)10-28(15)20-16-9-17(23)14(3)18(24)19(16)26(5)22(29)21(20)27;1-11-7-27-14(9-24(11)4)10-26(8-12(2)28)20-19(27)15-6-16(22)13(3)17(23)18(15)25(5)21(20)29;1-6-7-26-11-14-10-24(4)12(2)9-27(14)19-15-8-16(22)13(3)17(23)18(15)25(5)21(28)20(19)26/h9,13-14,16H,7-8,10-12H2,1-6H3;8,12,14-15H,5-7,9-11H2,1-4H3;9,13,15H,6-8,10-12H2,1-5H3;6,11,14H,7-10H2,1-5H3;8,12,14H,6-7,9-11H2,1-5H3. The van der Waals surface area contributed by atoms with Gasteiger partial charge < -0.3 is 71.8 Å². The summed E-state index contributed by atoms with van der Waals surface area (Å²) in [6, 6.07) is 9.47. The van der Waals surface area contributed by atoms with Gasteiger partial charge in [-0.2, -0.15) is 0 Å². The van der Waals surface area contributed by atoms with Crippen molar-refractivity contribution >= 4 is 117 Å². The van der Waals surface area contributed by atoms with Crippen molar-refractivity contribution in [1.29, 1.82) is 0 Å². The molecule has 10 atom stereocenters. The maximum Gasteiger partial charge on any atom is 0.276 e. The van der Waals surface area contributed by atoms with E-state index in [1.165, 1.54) is 102 Å². The van der Waals surface area contributed by atoms with Gasteiger partial charge in [-0.25, -0.2) is 43.9 Å². The molecule has 786 valence electrons. The molecular formula is C109H144F10N20O6. The Morgan fingerprint density at radius 2 is 0.538 bits per heavy atom. The number of carbonyl (C=O) groups is 1. The molecule has 10 unspecified atom stereocenters. The first-order valence-corrected chi connectivity index (χ1v) is 51.7. The maximum atomic E-state index is 15.1. The number of piperazine rings is 5. The van der Waals surface area contributed by atoms with E-state index >= 15 is 22.0 Å². The summed E-state index contributed by atoms with van der Waals surface area (Å²) in [5, 5.41) is 2.35. The third-order valence-corrected chi connectivity index (χ3v) is 33.8. The van der Waals surface area contributed by atoms with Crippen LogP contribution in [0.3, 0.4) is 0 Å². The third-order valence-electron chi connectivity index (χ3n) is 33.8. The Morgan fingerprint density at radius 1 is 0.303 bits per heavy atom. The summed E-state index contributed by atoms with van der Waals surface area (Å²) in [5.41, 5.74) is 5.47. The van der Waals surface area contributed by atoms with Crippen molar-refractivity contribution in [3.8, 4) is 0 Å². The molecule has 0 amide bonds. The van der Waals surface area contributed by atoms with E-state index in [0.717, 1.165) is 155 Å². The molecule has 1 aliphatic carbocycles. The molecule has 0 spiro atoms. The number of aromatic nitrogens is 5. The number of aryl methyl sites for hydroxylation is 5. The number of nitrogens with zero attached hydrogens (tertiary/aromatic N) is 20. The minimum atomic E-state index is -0.718. The van der Waals surface area contributed by atoms with E-state index in [9.17, 15) is 50.7 Å². The van der Waals surface area contributed by atoms with Crippen LogP contribution in [0, 0.1) is 98.7 Å². The van der Waals surface area contributed by atoms with Gasteiger partial charge in [0.1, 0.15) is 63.3 Å². The van der Waals surface area contributed by atoms with E-state index in [4.69, 9.17) is 0 Å². The topological polar surface area (TPSA) is 176 Å². The predicted octanol–water partition coefficient (Wildman–Crippen LogP) is 14.7. The lowest BCUT2D eigenvalue weighted by atomic mass is 9.88. The van der Waals surface area contributed by atoms with Crippen molar-refractivity contribution in [2.24, 2.45) is 41.2 Å². The van der Waals surface area contributed by atoms with E-state index in [1.807, 2.05) is 7.05 Å². The summed E-state index contributed by atoms with van der Waals surface area (Å²) in [6.45, 7) is 41.4. The minimum absolute atomic E-state index is 0.0192. The molecule has 36 heteroatoms. The second kappa shape index (κ2) is 40.5. The predicted molar refractivity (Wildman–Crippen MR) is 565 cm³/mol. The van der Waals surface area contributed by atoms with Gasteiger partial charge in [-0.3, -0.25) is 53.3 Å². The normalized spacial score (nSPS) is 22.8. The number of rotatable bonds is 11. The van der Waals surface area contributed by atoms with Gasteiger partial charge in [0.2, 0.25) is 0 Å². The van der Waals surface area contributed by atoms with Crippen LogP contribution in [0.4, 0.5) is 101 Å². The van der Waals surface area contributed by atoms with Crippen molar-refractivity contribution in [1.82, 2.24) is 47.3 Å². The average molecular weight is 2020 g/mol. The number of unbranched alkanes of at least 4 members (excludes halogenated alkanes) is 1. The Hall–Kier alpha value is -11.1. The van der Waals surface area contributed by atoms with E-state index in [1.54, 1.807) is 33.1 Å². The van der Waals surface area contributed by atoms with Gasteiger partial charge in [0.25, 0.3) is 27.8 Å². The highest BCUT2D eigenvalue weighted by Gasteiger charge is 2.49. The van der Waals surface area contributed by atoms with Crippen LogP contribution in [-0.2, 0) is 40.0 Å². The SMILES string of the molecule is CC(=O)CN1CC2CN(C)C(C)CN2c2c1c(=O)n(C)c1c(F)c(C)c(F)cc21.CCCCN1CC2CN(C)C(C)CN2c2c1c(=O)n(C)c1c(F)c(C)c(F)cc21.CCCN1CC2CN(C)C(C)CN2c2c1c(=O)n(C)c1c(F)c(C)c(F)cc21.Cc1c(F)cc2c3c(c(=O)n(C)c2c1F)N(C1CCC1)CC1CN(C)C(C)CN31.Cc1c(F)cc2c3c(c(=O)n(C)c2c1F)N(CCC(C)C)CC1CN(C)C(C)CN31. The lowest BCUT2D eigenvalue weighted by Crippen LogP contribution is -2.64. The molecule has 5 aromatic heterocycles. The van der Waals surface area contributed by atoms with Gasteiger partial charge in [0.15, 0.2) is 29.1 Å². The van der Waals surface area contributed by atoms with Gasteiger partial charge in [-0.05, 0) is 186 Å². The van der Waals surface area contributed by atoms with Gasteiger partial charge in [0.05, 0.1) is 92.8 Å². The highest BCUT2D eigenvalue weighted by Crippen LogP contribution is 2.51. The highest BCUT2D eigenvalue weighted by atomic mass is 19.2. The lowest BCUT2D eigenvalue weighted by Gasteiger charge is -2.53. The van der Waals surface area contributed by atoms with E-state index in [2.05, 4.69) is 159 Å². The number of halogens is 10. The Balaban J connectivity index is 0.000000124. The van der Waals surface area contributed by atoms with Crippen LogP contribution in [0.25, 0.3) is 54.5 Å². The largest absolute Gasteiger partial charge is 0.363 e. The molecule has 1 saturated carbocycles. The third kappa shape index (κ3) is 18.1. The van der Waals surface area contributed by atoms with Crippen molar-refractivity contribution in [2.45, 2.75) is 215 Å². The fourth-order valence-electron chi connectivity index (χ4n) is 24.2. The summed E-state index contributed by atoms with van der Waals surface area (Å²) in [4.78, 5) is 112. The van der Waals surface area contributed by atoms with Crippen LogP contribution in [0.5, 0.6) is 0 Å². The first-order chi connectivity index (χ1) is 68.5. The number of ketones is 1. The summed E-state index contributed by atoms with van der Waals surface area (Å²) >= 11 is 0. The minimum Gasteiger partial charge on any atom is -0.363 e. The first-order valence-electron chi connectivity index (χ1n) is 51.7. The molecule has 5 aromatic carbocycles. The van der Waals surface area contributed by atoms with Gasteiger partial charge in [0, 0.05) is 244 Å². The van der Waals surface area contributed by atoms with Gasteiger partial charge >= 0.3 is 0 Å². The smallest absolute Gasteiger partial charge is 0.276 e. The molecule has 145 heavy (non-hydrogen) atoms. The number of likely N-dealkylation sites (N-methyl/N-ethyl adjacent to an activating group) is 5. The molecule has 15 heterocycles. The zero-order valence-corrected chi connectivity index (χ0v) is 88.9. The summed E-state index contributed by atoms with van der Waals surface area (Å²) in [6.07, 6.45) is 7.14. The Morgan fingerprint density at radius 3 is 0.786 bits per heavy atom. The van der Waals surface area contributed by atoms with E-state index < -0.39 is 58.2 Å². The van der Waals surface area contributed by atoms with Crippen molar-refractivity contribution < 1.29 is 48.7 Å². The summed E-state index contributed by atoms with van der Waals surface area (Å²) in [7, 11) is 18.3. The number of pyridine rings is 5. The quantitative estimate of drug-likeness (QED) is 0.112. The van der Waals surface area contributed by atoms with E-state index in [-0.39, 0.29) is 138 Å². The fourth-order valence-corrected chi connectivity index (χ4v) is 24.2.